The predicted molar refractivity (Wildman–Crippen MR) is 74.7 cm³/mol. The van der Waals surface area contributed by atoms with Crippen LogP contribution in [0.15, 0.2) is 24.3 Å². The molecule has 0 aromatic heterocycles. The van der Waals surface area contributed by atoms with Crippen molar-refractivity contribution in [2.75, 3.05) is 33.9 Å². The van der Waals surface area contributed by atoms with Crippen molar-refractivity contribution in [1.29, 1.82) is 0 Å². The first-order valence-electron chi connectivity index (χ1n) is 6.81. The van der Waals surface area contributed by atoms with E-state index in [-0.39, 0.29) is 6.10 Å². The molecular formula is C15H23NO3. The lowest BCUT2D eigenvalue weighted by Crippen LogP contribution is -2.38. The Morgan fingerprint density at radius 2 is 1.84 bits per heavy atom. The van der Waals surface area contributed by atoms with Gasteiger partial charge in [0.05, 0.1) is 13.2 Å². The summed E-state index contributed by atoms with van der Waals surface area (Å²) < 4.78 is 10.8. The van der Waals surface area contributed by atoms with Gasteiger partial charge in [-0.05, 0) is 50.1 Å². The zero-order valence-electron chi connectivity index (χ0n) is 11.7. The molecule has 1 aromatic carbocycles. The Morgan fingerprint density at radius 3 is 2.42 bits per heavy atom. The largest absolute Gasteiger partial charge is 0.497 e. The first-order chi connectivity index (χ1) is 9.17. The summed E-state index contributed by atoms with van der Waals surface area (Å²) in [7, 11) is 3.75. The molecule has 0 amide bonds. The summed E-state index contributed by atoms with van der Waals surface area (Å²) in [6.07, 6.45) is 1.84. The first-order valence-corrected chi connectivity index (χ1v) is 6.81. The highest BCUT2D eigenvalue weighted by Crippen LogP contribution is 2.27. The molecule has 0 atom stereocenters. The minimum absolute atomic E-state index is 0.0612. The molecule has 0 aliphatic heterocycles. The number of hydrogen-bond acceptors (Lipinski definition) is 4. The number of aliphatic hydroxyl groups is 1. The van der Waals surface area contributed by atoms with Crippen molar-refractivity contribution in [2.45, 2.75) is 18.9 Å². The number of benzene rings is 1. The highest BCUT2D eigenvalue weighted by molar-refractivity contribution is 5.31. The molecular weight excluding hydrogens is 242 g/mol. The van der Waals surface area contributed by atoms with Crippen molar-refractivity contribution in [3.05, 3.63) is 24.3 Å². The molecule has 0 unspecified atom stereocenters. The van der Waals surface area contributed by atoms with Gasteiger partial charge in [-0.1, -0.05) is 0 Å². The number of likely N-dealkylation sites (N-methyl/N-ethyl adjacent to an activating group) is 1. The van der Waals surface area contributed by atoms with E-state index in [0.717, 1.165) is 37.4 Å². The van der Waals surface area contributed by atoms with Crippen molar-refractivity contribution < 1.29 is 14.6 Å². The highest BCUT2D eigenvalue weighted by atomic mass is 16.5. The fourth-order valence-corrected chi connectivity index (χ4v) is 2.37. The van der Waals surface area contributed by atoms with Crippen LogP contribution in [0.2, 0.25) is 0 Å². The lowest BCUT2D eigenvalue weighted by molar-refractivity contribution is 0.0269. The minimum atomic E-state index is -0.0612. The van der Waals surface area contributed by atoms with Crippen molar-refractivity contribution in [3.8, 4) is 11.5 Å². The van der Waals surface area contributed by atoms with Gasteiger partial charge in [-0.2, -0.15) is 0 Å². The van der Waals surface area contributed by atoms with E-state index in [0.29, 0.717) is 12.5 Å². The molecule has 0 radical (unpaired) electrons. The van der Waals surface area contributed by atoms with Crippen LogP contribution in [0.25, 0.3) is 0 Å². The van der Waals surface area contributed by atoms with Crippen LogP contribution in [-0.4, -0.2) is 50.0 Å². The van der Waals surface area contributed by atoms with E-state index in [2.05, 4.69) is 11.9 Å². The predicted octanol–water partition coefficient (Wildman–Crippen LogP) is 1.78. The molecule has 1 saturated carbocycles. The van der Waals surface area contributed by atoms with Gasteiger partial charge < -0.3 is 19.5 Å². The fourth-order valence-electron chi connectivity index (χ4n) is 2.37. The zero-order chi connectivity index (χ0) is 13.7. The molecule has 0 spiro atoms. The number of aliphatic hydroxyl groups excluding tert-OH is 1. The van der Waals surface area contributed by atoms with Crippen LogP contribution in [0.1, 0.15) is 12.8 Å². The third-order valence-corrected chi connectivity index (χ3v) is 3.58. The van der Waals surface area contributed by atoms with Gasteiger partial charge in [0.15, 0.2) is 0 Å². The van der Waals surface area contributed by atoms with E-state index < -0.39 is 0 Å². The van der Waals surface area contributed by atoms with Gasteiger partial charge >= 0.3 is 0 Å². The van der Waals surface area contributed by atoms with Gasteiger partial charge in [0, 0.05) is 13.1 Å². The van der Waals surface area contributed by atoms with Crippen LogP contribution in [0, 0.1) is 5.92 Å². The molecule has 0 saturated heterocycles. The molecule has 1 aromatic rings. The molecule has 19 heavy (non-hydrogen) atoms. The quantitative estimate of drug-likeness (QED) is 0.816. The summed E-state index contributed by atoms with van der Waals surface area (Å²) >= 11 is 0. The summed E-state index contributed by atoms with van der Waals surface area (Å²) in [6, 6.07) is 7.63. The van der Waals surface area contributed by atoms with Crippen molar-refractivity contribution >= 4 is 0 Å². The van der Waals surface area contributed by atoms with E-state index in [4.69, 9.17) is 9.47 Å². The van der Waals surface area contributed by atoms with Crippen molar-refractivity contribution in [2.24, 2.45) is 5.92 Å². The van der Waals surface area contributed by atoms with Gasteiger partial charge in [-0.3, -0.25) is 0 Å². The molecule has 106 valence electrons. The molecule has 1 fully saturated rings. The number of rotatable bonds is 7. The average molecular weight is 265 g/mol. The Morgan fingerprint density at radius 1 is 1.21 bits per heavy atom. The standard InChI is InChI=1S/C15H23NO3/c1-16(11-12-9-13(17)10-12)7-8-19-15-5-3-14(18-2)4-6-15/h3-6,12-13,17H,7-11H2,1-2H3. The first kappa shape index (κ1) is 14.2. The smallest absolute Gasteiger partial charge is 0.119 e. The second kappa shape index (κ2) is 6.78. The van der Waals surface area contributed by atoms with Crippen LogP contribution in [0.3, 0.4) is 0 Å². The Hall–Kier alpha value is -1.26. The topological polar surface area (TPSA) is 41.9 Å². The van der Waals surface area contributed by atoms with E-state index in [1.807, 2.05) is 24.3 Å². The molecule has 0 heterocycles. The Bertz CT molecular complexity index is 373. The average Bonchev–Trinajstić information content (AvgIpc) is 2.38. The normalized spacial score (nSPS) is 22.1. The maximum atomic E-state index is 9.25. The molecule has 1 N–H and O–H groups in total. The van der Waals surface area contributed by atoms with E-state index in [1.54, 1.807) is 7.11 Å². The van der Waals surface area contributed by atoms with Crippen LogP contribution in [0.5, 0.6) is 11.5 Å². The highest BCUT2D eigenvalue weighted by Gasteiger charge is 2.27. The Labute approximate surface area is 114 Å². The molecule has 1 aliphatic rings. The molecule has 1 aliphatic carbocycles. The summed E-state index contributed by atoms with van der Waals surface area (Å²) in [6.45, 7) is 2.62. The molecule has 0 bridgehead atoms. The monoisotopic (exact) mass is 265 g/mol. The van der Waals surface area contributed by atoms with Crippen LogP contribution >= 0.6 is 0 Å². The Kier molecular flexibility index (Phi) is 5.05. The van der Waals surface area contributed by atoms with E-state index in [9.17, 15) is 5.11 Å². The van der Waals surface area contributed by atoms with Gasteiger partial charge in [-0.25, -0.2) is 0 Å². The van der Waals surface area contributed by atoms with Gasteiger partial charge in [-0.15, -0.1) is 0 Å². The second-order valence-corrected chi connectivity index (χ2v) is 5.28. The summed E-state index contributed by atoms with van der Waals surface area (Å²) in [4.78, 5) is 2.26. The van der Waals surface area contributed by atoms with Crippen LogP contribution in [0.4, 0.5) is 0 Å². The third kappa shape index (κ3) is 4.40. The maximum absolute atomic E-state index is 9.25. The number of ether oxygens (including phenoxy) is 2. The summed E-state index contributed by atoms with van der Waals surface area (Å²) in [5.74, 6) is 2.36. The summed E-state index contributed by atoms with van der Waals surface area (Å²) in [5, 5.41) is 9.25. The lowest BCUT2D eigenvalue weighted by atomic mass is 9.82. The number of hydrogen-bond donors (Lipinski definition) is 1. The molecule has 4 nitrogen and oxygen atoms in total. The third-order valence-electron chi connectivity index (χ3n) is 3.58. The number of nitrogens with zero attached hydrogens (tertiary/aromatic N) is 1. The summed E-state index contributed by atoms with van der Waals surface area (Å²) in [5.41, 5.74) is 0. The second-order valence-electron chi connectivity index (χ2n) is 5.28. The minimum Gasteiger partial charge on any atom is -0.497 e. The molecule has 4 heteroatoms. The van der Waals surface area contributed by atoms with E-state index in [1.165, 1.54) is 0 Å². The maximum Gasteiger partial charge on any atom is 0.119 e. The van der Waals surface area contributed by atoms with Crippen molar-refractivity contribution in [3.63, 3.8) is 0 Å². The number of methoxy groups -OCH3 is 1. The van der Waals surface area contributed by atoms with Crippen LogP contribution < -0.4 is 9.47 Å². The Balaban J connectivity index is 1.62. The fraction of sp³-hybridized carbons (Fsp3) is 0.600. The SMILES string of the molecule is COc1ccc(OCCN(C)CC2CC(O)C2)cc1. The van der Waals surface area contributed by atoms with Gasteiger partial charge in [0.1, 0.15) is 18.1 Å². The van der Waals surface area contributed by atoms with E-state index >= 15 is 0 Å². The lowest BCUT2D eigenvalue weighted by Gasteiger charge is -2.34. The van der Waals surface area contributed by atoms with Crippen LogP contribution in [-0.2, 0) is 0 Å². The zero-order valence-corrected chi connectivity index (χ0v) is 11.7. The van der Waals surface area contributed by atoms with Crippen molar-refractivity contribution in [1.82, 2.24) is 4.90 Å². The van der Waals surface area contributed by atoms with Gasteiger partial charge in [0.2, 0.25) is 0 Å². The molecule has 2 rings (SSSR count). The van der Waals surface area contributed by atoms with Gasteiger partial charge in [0.25, 0.3) is 0 Å².